The van der Waals surface area contributed by atoms with Crippen molar-refractivity contribution in [1.82, 2.24) is 15.3 Å². The van der Waals surface area contributed by atoms with Crippen molar-refractivity contribution in [2.24, 2.45) is 0 Å². The zero-order valence-electron chi connectivity index (χ0n) is 8.12. The van der Waals surface area contributed by atoms with E-state index >= 15 is 0 Å². The first-order valence-corrected chi connectivity index (χ1v) is 4.30. The van der Waals surface area contributed by atoms with Gasteiger partial charge in [-0.3, -0.25) is 0 Å². The highest BCUT2D eigenvalue weighted by Crippen LogP contribution is 2.17. The quantitative estimate of drug-likeness (QED) is 0.711. The maximum absolute atomic E-state index is 3.98. The normalized spacial score (nSPS) is 12.5. The van der Waals surface area contributed by atoms with E-state index in [0.29, 0.717) is 0 Å². The van der Waals surface area contributed by atoms with Crippen LogP contribution in [0.1, 0.15) is 24.9 Å². The fourth-order valence-corrected chi connectivity index (χ4v) is 1.23. The van der Waals surface area contributed by atoms with Gasteiger partial charge in [0, 0.05) is 24.0 Å². The van der Waals surface area contributed by atoms with E-state index in [9.17, 15) is 0 Å². The zero-order chi connectivity index (χ0) is 9.68. The summed E-state index contributed by atoms with van der Waals surface area (Å²) < 4.78 is 0. The summed E-state index contributed by atoms with van der Waals surface area (Å²) in [5.74, 6) is 0. The van der Waals surface area contributed by atoms with Crippen molar-refractivity contribution < 1.29 is 0 Å². The van der Waals surface area contributed by atoms with Crippen molar-refractivity contribution in [2.75, 3.05) is 7.05 Å². The first kappa shape index (κ1) is 9.86. The summed E-state index contributed by atoms with van der Waals surface area (Å²) >= 11 is 0. The highest BCUT2D eigenvalue weighted by atomic mass is 14.9. The van der Waals surface area contributed by atoms with E-state index in [1.165, 1.54) is 6.33 Å². The second-order valence-electron chi connectivity index (χ2n) is 3.17. The average molecular weight is 177 g/mol. The van der Waals surface area contributed by atoms with E-state index in [2.05, 4.69) is 21.9 Å². The van der Waals surface area contributed by atoms with Gasteiger partial charge in [-0.15, -0.1) is 6.58 Å². The molecule has 0 aliphatic rings. The van der Waals surface area contributed by atoms with Gasteiger partial charge in [0.05, 0.1) is 0 Å². The number of hydrogen-bond acceptors (Lipinski definition) is 3. The van der Waals surface area contributed by atoms with E-state index in [1.807, 2.05) is 26.4 Å². The van der Waals surface area contributed by atoms with E-state index in [1.54, 1.807) is 0 Å². The summed E-state index contributed by atoms with van der Waals surface area (Å²) in [7, 11) is 1.93. The minimum absolute atomic E-state index is 0.277. The van der Waals surface area contributed by atoms with Crippen molar-refractivity contribution in [3.8, 4) is 0 Å². The molecule has 0 saturated heterocycles. The molecule has 0 spiro atoms. The molecule has 3 heteroatoms. The summed E-state index contributed by atoms with van der Waals surface area (Å²) in [6, 6.07) is 0.277. The number of nitrogens with zero attached hydrogens (tertiary/aromatic N) is 2. The monoisotopic (exact) mass is 177 g/mol. The number of aromatic nitrogens is 2. The Morgan fingerprint density at radius 1 is 1.54 bits per heavy atom. The van der Waals surface area contributed by atoms with Crippen molar-refractivity contribution in [3.63, 3.8) is 0 Å². The first-order valence-electron chi connectivity index (χ1n) is 4.30. The van der Waals surface area contributed by atoms with Gasteiger partial charge in [-0.25, -0.2) is 9.97 Å². The summed E-state index contributed by atoms with van der Waals surface area (Å²) in [4.78, 5) is 7.96. The summed E-state index contributed by atoms with van der Waals surface area (Å²) in [6.45, 7) is 5.91. The molecule has 70 valence electrons. The SMILES string of the molecule is C=C(C)CC(NC)c1cncnc1. The highest BCUT2D eigenvalue weighted by Gasteiger charge is 2.08. The Morgan fingerprint density at radius 3 is 2.62 bits per heavy atom. The Bertz CT molecular complexity index is 269. The lowest BCUT2D eigenvalue weighted by molar-refractivity contribution is 0.585. The van der Waals surface area contributed by atoms with Crippen LogP contribution in [0.15, 0.2) is 30.9 Å². The molecule has 1 heterocycles. The van der Waals surface area contributed by atoms with Crippen molar-refractivity contribution >= 4 is 0 Å². The average Bonchev–Trinajstić information content (AvgIpc) is 2.15. The molecular formula is C10H15N3. The molecule has 1 aromatic rings. The van der Waals surface area contributed by atoms with E-state index in [4.69, 9.17) is 0 Å². The van der Waals surface area contributed by atoms with Crippen molar-refractivity contribution in [2.45, 2.75) is 19.4 Å². The Hall–Kier alpha value is -1.22. The number of hydrogen-bond donors (Lipinski definition) is 1. The second kappa shape index (κ2) is 4.72. The summed E-state index contributed by atoms with van der Waals surface area (Å²) in [5.41, 5.74) is 2.26. The Morgan fingerprint density at radius 2 is 2.15 bits per heavy atom. The molecule has 0 bridgehead atoms. The summed E-state index contributed by atoms with van der Waals surface area (Å²) in [5, 5.41) is 3.21. The molecule has 13 heavy (non-hydrogen) atoms. The molecule has 1 atom stereocenters. The molecule has 1 unspecified atom stereocenters. The highest BCUT2D eigenvalue weighted by molar-refractivity contribution is 5.12. The summed E-state index contributed by atoms with van der Waals surface area (Å²) in [6.07, 6.45) is 6.12. The third-order valence-corrected chi connectivity index (χ3v) is 1.88. The molecule has 0 saturated carbocycles. The van der Waals surface area contributed by atoms with Gasteiger partial charge in [0.25, 0.3) is 0 Å². The van der Waals surface area contributed by atoms with Crippen LogP contribution in [0.5, 0.6) is 0 Å². The van der Waals surface area contributed by atoms with Crippen LogP contribution in [0.4, 0.5) is 0 Å². The van der Waals surface area contributed by atoms with Gasteiger partial charge in [0.1, 0.15) is 6.33 Å². The molecule has 0 aliphatic heterocycles. The maximum Gasteiger partial charge on any atom is 0.115 e. The molecule has 0 fully saturated rings. The van der Waals surface area contributed by atoms with Crippen LogP contribution in [-0.2, 0) is 0 Å². The third-order valence-electron chi connectivity index (χ3n) is 1.88. The Labute approximate surface area is 78.9 Å². The molecule has 0 aromatic carbocycles. The lowest BCUT2D eigenvalue weighted by Crippen LogP contribution is -2.16. The van der Waals surface area contributed by atoms with Gasteiger partial charge in [-0.1, -0.05) is 5.57 Å². The van der Waals surface area contributed by atoms with Gasteiger partial charge in [-0.2, -0.15) is 0 Å². The van der Waals surface area contributed by atoms with Gasteiger partial charge >= 0.3 is 0 Å². The molecule has 3 nitrogen and oxygen atoms in total. The predicted octanol–water partition coefficient (Wildman–Crippen LogP) is 1.70. The van der Waals surface area contributed by atoms with Crippen LogP contribution in [0.2, 0.25) is 0 Å². The molecule has 1 aromatic heterocycles. The molecule has 1 N–H and O–H groups in total. The zero-order valence-corrected chi connectivity index (χ0v) is 8.12. The molecule has 0 amide bonds. The van der Waals surface area contributed by atoms with Crippen molar-refractivity contribution in [3.05, 3.63) is 36.4 Å². The number of nitrogens with one attached hydrogen (secondary N) is 1. The Kier molecular flexibility index (Phi) is 3.58. The second-order valence-corrected chi connectivity index (χ2v) is 3.17. The largest absolute Gasteiger partial charge is 0.313 e. The Balaban J connectivity index is 2.73. The standard InChI is InChI=1S/C10H15N3/c1-8(2)4-10(11-3)9-5-12-7-13-6-9/h5-7,10-11H,1,4H2,2-3H3. The van der Waals surface area contributed by atoms with Crippen molar-refractivity contribution in [1.29, 1.82) is 0 Å². The van der Waals surface area contributed by atoms with E-state index in [-0.39, 0.29) is 6.04 Å². The minimum atomic E-state index is 0.277. The first-order chi connectivity index (χ1) is 6.24. The molecule has 0 radical (unpaired) electrons. The molecule has 1 rings (SSSR count). The maximum atomic E-state index is 3.98. The third kappa shape index (κ3) is 2.95. The van der Waals surface area contributed by atoms with Crippen LogP contribution in [-0.4, -0.2) is 17.0 Å². The lowest BCUT2D eigenvalue weighted by Gasteiger charge is -2.15. The van der Waals surface area contributed by atoms with Gasteiger partial charge in [0.2, 0.25) is 0 Å². The minimum Gasteiger partial charge on any atom is -0.313 e. The topological polar surface area (TPSA) is 37.8 Å². The predicted molar refractivity (Wildman–Crippen MR) is 53.3 cm³/mol. The van der Waals surface area contributed by atoms with Crippen LogP contribution in [0.25, 0.3) is 0 Å². The van der Waals surface area contributed by atoms with E-state index < -0.39 is 0 Å². The fraction of sp³-hybridized carbons (Fsp3) is 0.400. The van der Waals surface area contributed by atoms with Gasteiger partial charge in [0.15, 0.2) is 0 Å². The van der Waals surface area contributed by atoms with Crippen LogP contribution in [0, 0.1) is 0 Å². The lowest BCUT2D eigenvalue weighted by atomic mass is 10.0. The van der Waals surface area contributed by atoms with Crippen LogP contribution in [0.3, 0.4) is 0 Å². The van der Waals surface area contributed by atoms with Gasteiger partial charge < -0.3 is 5.32 Å². The van der Waals surface area contributed by atoms with Crippen LogP contribution >= 0.6 is 0 Å². The van der Waals surface area contributed by atoms with Gasteiger partial charge in [-0.05, 0) is 20.4 Å². The van der Waals surface area contributed by atoms with E-state index in [0.717, 1.165) is 17.6 Å². The number of rotatable bonds is 4. The van der Waals surface area contributed by atoms with Crippen LogP contribution < -0.4 is 5.32 Å². The fourth-order valence-electron chi connectivity index (χ4n) is 1.23. The molecule has 0 aliphatic carbocycles. The molecular weight excluding hydrogens is 162 g/mol. The smallest absolute Gasteiger partial charge is 0.115 e.